The number of carbonyl (C=O) groups is 2. The topological polar surface area (TPSA) is 75.6 Å². The number of benzene rings is 1. The molecule has 5 heteroatoms. The van der Waals surface area contributed by atoms with Gasteiger partial charge < -0.3 is 15.2 Å². The van der Waals surface area contributed by atoms with Crippen LogP contribution in [0.1, 0.15) is 61.6 Å². The van der Waals surface area contributed by atoms with E-state index in [1.807, 2.05) is 0 Å². The molecule has 1 atom stereocenters. The van der Waals surface area contributed by atoms with Crippen molar-refractivity contribution in [1.82, 2.24) is 5.32 Å². The van der Waals surface area contributed by atoms with Crippen LogP contribution in [0.25, 0.3) is 0 Å². The van der Waals surface area contributed by atoms with E-state index < -0.39 is 6.10 Å². The number of aliphatic hydroxyl groups excluding tert-OH is 1. The highest BCUT2D eigenvalue weighted by molar-refractivity contribution is 5.94. The van der Waals surface area contributed by atoms with Crippen LogP contribution in [0.5, 0.6) is 0 Å². The van der Waals surface area contributed by atoms with Crippen molar-refractivity contribution in [3.8, 4) is 0 Å². The second-order valence-electron chi connectivity index (χ2n) is 6.04. The first-order valence-electron chi connectivity index (χ1n) is 8.07. The van der Waals surface area contributed by atoms with Gasteiger partial charge >= 0.3 is 5.97 Å². The molecular formula is C18H27NO4. The molecule has 0 spiro atoms. The van der Waals surface area contributed by atoms with Gasteiger partial charge in [-0.2, -0.15) is 0 Å². The van der Waals surface area contributed by atoms with Crippen LogP contribution in [0.3, 0.4) is 0 Å². The highest BCUT2D eigenvalue weighted by Crippen LogP contribution is 2.21. The lowest BCUT2D eigenvalue weighted by atomic mass is 9.99. The van der Waals surface area contributed by atoms with Crippen LogP contribution in [-0.2, 0) is 9.53 Å². The zero-order valence-electron chi connectivity index (χ0n) is 14.2. The third-order valence-electron chi connectivity index (χ3n) is 3.66. The van der Waals surface area contributed by atoms with E-state index in [0.29, 0.717) is 11.5 Å². The largest absolute Gasteiger partial charge is 0.469 e. The van der Waals surface area contributed by atoms with Crippen LogP contribution in [-0.4, -0.2) is 30.6 Å². The van der Waals surface area contributed by atoms with Crippen LogP contribution in [0.15, 0.2) is 24.3 Å². The molecule has 0 radical (unpaired) electrons. The summed E-state index contributed by atoms with van der Waals surface area (Å²) in [5.74, 6) is 0.0400. The third-order valence-corrected chi connectivity index (χ3v) is 3.66. The predicted octanol–water partition coefficient (Wildman–Crippen LogP) is 2.84. The lowest BCUT2D eigenvalue weighted by molar-refractivity contribution is -0.140. The second kappa shape index (κ2) is 10.0. The summed E-state index contributed by atoms with van der Waals surface area (Å²) in [5, 5.41) is 12.8. The maximum Gasteiger partial charge on any atom is 0.307 e. The Hall–Kier alpha value is -1.88. The Labute approximate surface area is 138 Å². The van der Waals surface area contributed by atoms with Gasteiger partial charge in [-0.15, -0.1) is 0 Å². The molecule has 23 heavy (non-hydrogen) atoms. The lowest BCUT2D eigenvalue weighted by Gasteiger charge is -2.12. The third kappa shape index (κ3) is 7.28. The first-order valence-corrected chi connectivity index (χ1v) is 8.07. The van der Waals surface area contributed by atoms with E-state index in [1.54, 1.807) is 24.3 Å². The average Bonchev–Trinajstić information content (AvgIpc) is 2.54. The predicted molar refractivity (Wildman–Crippen MR) is 89.1 cm³/mol. The zero-order valence-corrected chi connectivity index (χ0v) is 14.2. The number of ether oxygens (including phenoxy) is 1. The number of hydrogen-bond acceptors (Lipinski definition) is 4. The van der Waals surface area contributed by atoms with Gasteiger partial charge in [-0.25, -0.2) is 0 Å². The average molecular weight is 321 g/mol. The summed E-state index contributed by atoms with van der Waals surface area (Å²) in [5.41, 5.74) is 1.33. The summed E-state index contributed by atoms with van der Waals surface area (Å²) in [6, 6.07) is 6.92. The van der Waals surface area contributed by atoms with Gasteiger partial charge in [0.05, 0.1) is 19.6 Å². The Kier molecular flexibility index (Phi) is 8.33. The fourth-order valence-electron chi connectivity index (χ4n) is 2.22. The molecule has 1 rings (SSSR count). The monoisotopic (exact) mass is 321 g/mol. The summed E-state index contributed by atoms with van der Waals surface area (Å²) >= 11 is 0. The normalized spacial score (nSPS) is 12.0. The SMILES string of the molecule is COC(=O)CCNC(=O)c1ccc(C(O)CCCC(C)C)cc1. The molecule has 1 unspecified atom stereocenters. The quantitative estimate of drug-likeness (QED) is 0.686. The first kappa shape index (κ1) is 19.2. The van der Waals surface area contributed by atoms with E-state index in [0.717, 1.165) is 24.8 Å². The smallest absolute Gasteiger partial charge is 0.307 e. The standard InChI is InChI=1S/C18H27NO4/c1-13(2)5-4-6-16(20)14-7-9-15(10-8-14)18(22)19-12-11-17(21)23-3/h7-10,13,16,20H,4-6,11-12H2,1-3H3,(H,19,22). The van der Waals surface area contributed by atoms with Crippen molar-refractivity contribution >= 4 is 11.9 Å². The van der Waals surface area contributed by atoms with Crippen molar-refractivity contribution in [3.05, 3.63) is 35.4 Å². The minimum absolute atomic E-state index is 0.148. The van der Waals surface area contributed by atoms with Gasteiger partial charge in [0, 0.05) is 12.1 Å². The Morgan fingerprint density at radius 3 is 2.39 bits per heavy atom. The highest BCUT2D eigenvalue weighted by atomic mass is 16.5. The number of rotatable bonds is 9. The summed E-state index contributed by atoms with van der Waals surface area (Å²) in [4.78, 5) is 22.9. The number of nitrogens with one attached hydrogen (secondary N) is 1. The molecule has 0 bridgehead atoms. The molecule has 0 saturated heterocycles. The molecule has 0 fully saturated rings. The van der Waals surface area contributed by atoms with Crippen LogP contribution >= 0.6 is 0 Å². The van der Waals surface area contributed by atoms with Gasteiger partial charge in [0.2, 0.25) is 0 Å². The summed E-state index contributed by atoms with van der Waals surface area (Å²) in [7, 11) is 1.31. The molecule has 0 aliphatic rings. The Balaban J connectivity index is 2.45. The Morgan fingerprint density at radius 2 is 1.83 bits per heavy atom. The molecule has 0 aromatic heterocycles. The first-order chi connectivity index (χ1) is 10.9. The maximum atomic E-state index is 11.9. The molecular weight excluding hydrogens is 294 g/mol. The van der Waals surface area contributed by atoms with E-state index in [9.17, 15) is 14.7 Å². The lowest BCUT2D eigenvalue weighted by Crippen LogP contribution is -2.26. The summed E-state index contributed by atoms with van der Waals surface area (Å²) < 4.78 is 4.51. The van der Waals surface area contributed by atoms with Gasteiger partial charge in [0.15, 0.2) is 0 Å². The van der Waals surface area contributed by atoms with Crippen molar-refractivity contribution in [2.45, 2.75) is 45.6 Å². The highest BCUT2D eigenvalue weighted by Gasteiger charge is 2.10. The van der Waals surface area contributed by atoms with Gasteiger partial charge in [0.1, 0.15) is 0 Å². The summed E-state index contributed by atoms with van der Waals surface area (Å²) in [6.45, 7) is 4.57. The van der Waals surface area contributed by atoms with E-state index >= 15 is 0 Å². The van der Waals surface area contributed by atoms with Crippen molar-refractivity contribution in [2.24, 2.45) is 5.92 Å². The van der Waals surface area contributed by atoms with E-state index in [1.165, 1.54) is 7.11 Å². The van der Waals surface area contributed by atoms with Crippen molar-refractivity contribution in [2.75, 3.05) is 13.7 Å². The number of aliphatic hydroxyl groups is 1. The fraction of sp³-hybridized carbons (Fsp3) is 0.556. The zero-order chi connectivity index (χ0) is 17.2. The molecule has 0 aliphatic carbocycles. The number of carbonyl (C=O) groups excluding carboxylic acids is 2. The van der Waals surface area contributed by atoms with Gasteiger partial charge in [-0.3, -0.25) is 9.59 Å². The Bertz CT molecular complexity index is 496. The van der Waals surface area contributed by atoms with Crippen molar-refractivity contribution in [1.29, 1.82) is 0 Å². The van der Waals surface area contributed by atoms with Crippen molar-refractivity contribution < 1.29 is 19.4 Å². The van der Waals surface area contributed by atoms with Gasteiger partial charge in [-0.1, -0.05) is 38.8 Å². The number of amides is 1. The van der Waals surface area contributed by atoms with Crippen LogP contribution in [0.4, 0.5) is 0 Å². The molecule has 1 aromatic carbocycles. The number of esters is 1. The van der Waals surface area contributed by atoms with Gasteiger partial charge in [-0.05, 0) is 30.0 Å². The molecule has 1 aromatic rings. The van der Waals surface area contributed by atoms with E-state index in [2.05, 4.69) is 23.9 Å². The fourth-order valence-corrected chi connectivity index (χ4v) is 2.22. The van der Waals surface area contributed by atoms with E-state index in [4.69, 9.17) is 0 Å². The Morgan fingerprint density at radius 1 is 1.17 bits per heavy atom. The molecule has 0 saturated carbocycles. The van der Waals surface area contributed by atoms with Crippen LogP contribution in [0, 0.1) is 5.92 Å². The molecule has 128 valence electrons. The number of methoxy groups -OCH3 is 1. The number of hydrogen-bond donors (Lipinski definition) is 2. The summed E-state index contributed by atoms with van der Waals surface area (Å²) in [6.07, 6.45) is 2.45. The molecule has 2 N–H and O–H groups in total. The molecule has 5 nitrogen and oxygen atoms in total. The minimum Gasteiger partial charge on any atom is -0.469 e. The molecule has 0 heterocycles. The van der Waals surface area contributed by atoms with Crippen LogP contribution < -0.4 is 5.32 Å². The molecule has 1 amide bonds. The van der Waals surface area contributed by atoms with E-state index in [-0.39, 0.29) is 24.8 Å². The second-order valence-corrected chi connectivity index (χ2v) is 6.04. The molecule has 0 aliphatic heterocycles. The van der Waals surface area contributed by atoms with Gasteiger partial charge in [0.25, 0.3) is 5.91 Å². The van der Waals surface area contributed by atoms with Crippen LogP contribution in [0.2, 0.25) is 0 Å². The maximum absolute atomic E-state index is 11.9. The minimum atomic E-state index is -0.495. The van der Waals surface area contributed by atoms with Crippen molar-refractivity contribution in [3.63, 3.8) is 0 Å².